The maximum Gasteiger partial charge on any atom is 0.261 e. The van der Waals surface area contributed by atoms with Crippen LogP contribution in [0.4, 0.5) is 10.1 Å². The van der Waals surface area contributed by atoms with E-state index in [-0.39, 0.29) is 23.7 Å². The van der Waals surface area contributed by atoms with Gasteiger partial charge in [-0.2, -0.15) is 0 Å². The first kappa shape index (κ1) is 18.4. The van der Waals surface area contributed by atoms with Crippen LogP contribution in [0.1, 0.15) is 39.3 Å². The molecule has 2 heterocycles. The second-order valence-electron chi connectivity index (χ2n) is 6.97. The maximum absolute atomic E-state index is 13.2. The van der Waals surface area contributed by atoms with E-state index in [2.05, 4.69) is 10.6 Å². The lowest BCUT2D eigenvalue weighted by molar-refractivity contribution is -0.115. The third-order valence-corrected chi connectivity index (χ3v) is 6.13. The molecule has 1 aromatic heterocycles. The molecule has 1 aliphatic heterocycles. The van der Waals surface area contributed by atoms with Gasteiger partial charge < -0.3 is 10.6 Å². The fraction of sp³-hybridized carbons (Fsp3) is 0.182. The molecule has 0 radical (unpaired) electrons. The van der Waals surface area contributed by atoms with Crippen molar-refractivity contribution in [2.45, 2.75) is 26.3 Å². The largest absolute Gasteiger partial charge is 0.345 e. The lowest BCUT2D eigenvalue weighted by Crippen LogP contribution is -2.25. The van der Waals surface area contributed by atoms with E-state index < -0.39 is 0 Å². The number of carbonyl (C=O) groups excluding carboxylic acids is 2. The molecule has 4 rings (SSSR count). The Labute approximate surface area is 166 Å². The smallest absolute Gasteiger partial charge is 0.261 e. The van der Waals surface area contributed by atoms with Crippen molar-refractivity contribution in [2.75, 3.05) is 5.32 Å². The van der Waals surface area contributed by atoms with Crippen LogP contribution in [-0.2, 0) is 11.2 Å². The molecule has 6 heteroatoms. The third-order valence-electron chi connectivity index (χ3n) is 4.85. The number of halogens is 1. The highest BCUT2D eigenvalue weighted by atomic mass is 32.1. The molecule has 2 aromatic carbocycles. The minimum absolute atomic E-state index is 0.00813. The Morgan fingerprint density at radius 3 is 2.68 bits per heavy atom. The topological polar surface area (TPSA) is 58.2 Å². The van der Waals surface area contributed by atoms with Gasteiger partial charge in [-0.3, -0.25) is 9.59 Å². The van der Waals surface area contributed by atoms with Gasteiger partial charge in [-0.15, -0.1) is 11.3 Å². The molecular weight excluding hydrogens is 375 g/mol. The summed E-state index contributed by atoms with van der Waals surface area (Å²) in [6.07, 6.45) is 0.370. The van der Waals surface area contributed by atoms with Gasteiger partial charge in [-0.1, -0.05) is 24.3 Å². The number of thiophene rings is 1. The van der Waals surface area contributed by atoms with Gasteiger partial charge in [0.1, 0.15) is 5.82 Å². The van der Waals surface area contributed by atoms with E-state index in [0.717, 1.165) is 32.8 Å². The van der Waals surface area contributed by atoms with Crippen LogP contribution in [0, 0.1) is 12.7 Å². The molecule has 2 amide bonds. The first-order chi connectivity index (χ1) is 13.4. The fourth-order valence-corrected chi connectivity index (χ4v) is 4.43. The van der Waals surface area contributed by atoms with Crippen LogP contribution in [0.25, 0.3) is 10.4 Å². The van der Waals surface area contributed by atoms with Crippen molar-refractivity contribution in [2.24, 2.45) is 0 Å². The molecule has 3 aromatic rings. The number of nitrogens with one attached hydrogen (secondary N) is 2. The Balaban J connectivity index is 1.51. The quantitative estimate of drug-likeness (QED) is 0.665. The summed E-state index contributed by atoms with van der Waals surface area (Å²) < 4.78 is 13.2. The van der Waals surface area contributed by atoms with Gasteiger partial charge in [0.2, 0.25) is 5.91 Å². The van der Waals surface area contributed by atoms with Gasteiger partial charge in [0, 0.05) is 10.6 Å². The number of anilines is 1. The van der Waals surface area contributed by atoms with Crippen molar-refractivity contribution in [3.63, 3.8) is 0 Å². The molecule has 0 spiro atoms. The Kier molecular flexibility index (Phi) is 4.73. The van der Waals surface area contributed by atoms with Crippen molar-refractivity contribution in [1.29, 1.82) is 0 Å². The normalized spacial score (nSPS) is 13.8. The minimum atomic E-state index is -0.281. The van der Waals surface area contributed by atoms with Crippen molar-refractivity contribution in [1.82, 2.24) is 5.32 Å². The van der Waals surface area contributed by atoms with Crippen molar-refractivity contribution in [3.05, 3.63) is 75.9 Å². The monoisotopic (exact) mass is 394 g/mol. The average Bonchev–Trinajstić information content (AvgIpc) is 3.23. The fourth-order valence-electron chi connectivity index (χ4n) is 3.35. The van der Waals surface area contributed by atoms with E-state index in [0.29, 0.717) is 11.3 Å². The first-order valence-electron chi connectivity index (χ1n) is 9.00. The summed E-state index contributed by atoms with van der Waals surface area (Å²) in [6, 6.07) is 13.7. The standard InChI is InChI=1S/C22H19FN2O2S/c1-12-9-19(28-21(12)14-3-6-17(23)7-4-14)22(27)24-13(2)15-5-8-18-16(10-15)11-20(26)25-18/h3-10,13H,11H2,1-2H3,(H,24,27)(H,25,26)/t13-/m1/s1. The van der Waals surface area contributed by atoms with E-state index in [1.54, 1.807) is 12.1 Å². The summed E-state index contributed by atoms with van der Waals surface area (Å²) in [6.45, 7) is 3.87. The molecule has 0 fully saturated rings. The number of amides is 2. The number of fused-ring (bicyclic) bond motifs is 1. The van der Waals surface area contributed by atoms with Crippen LogP contribution in [0.15, 0.2) is 48.5 Å². The van der Waals surface area contributed by atoms with Gasteiger partial charge in [-0.05, 0) is 60.4 Å². The highest BCUT2D eigenvalue weighted by Gasteiger charge is 2.20. The molecule has 0 unspecified atom stereocenters. The van der Waals surface area contributed by atoms with Gasteiger partial charge in [-0.25, -0.2) is 4.39 Å². The molecular formula is C22H19FN2O2S. The molecule has 28 heavy (non-hydrogen) atoms. The number of hydrogen-bond donors (Lipinski definition) is 2. The van der Waals surface area contributed by atoms with Crippen LogP contribution in [-0.4, -0.2) is 11.8 Å². The molecule has 0 aliphatic carbocycles. The summed E-state index contributed by atoms with van der Waals surface area (Å²) in [5.41, 5.74) is 4.62. The van der Waals surface area contributed by atoms with E-state index in [4.69, 9.17) is 0 Å². The Morgan fingerprint density at radius 1 is 1.18 bits per heavy atom. The number of hydrogen-bond acceptors (Lipinski definition) is 3. The summed E-state index contributed by atoms with van der Waals surface area (Å²) in [5.74, 6) is -0.439. The molecule has 1 aliphatic rings. The van der Waals surface area contributed by atoms with Crippen molar-refractivity contribution in [3.8, 4) is 10.4 Å². The Bertz CT molecular complexity index is 1070. The van der Waals surface area contributed by atoms with Crippen LogP contribution >= 0.6 is 11.3 Å². The molecule has 4 nitrogen and oxygen atoms in total. The number of benzene rings is 2. The Hall–Kier alpha value is -2.99. The van der Waals surface area contributed by atoms with E-state index in [1.807, 2.05) is 38.1 Å². The zero-order valence-electron chi connectivity index (χ0n) is 15.5. The molecule has 0 bridgehead atoms. The lowest BCUT2D eigenvalue weighted by atomic mass is 10.0. The summed E-state index contributed by atoms with van der Waals surface area (Å²) >= 11 is 1.39. The van der Waals surface area contributed by atoms with Crippen molar-refractivity contribution < 1.29 is 14.0 Å². The van der Waals surface area contributed by atoms with Gasteiger partial charge in [0.15, 0.2) is 0 Å². The molecule has 2 N–H and O–H groups in total. The summed E-state index contributed by atoms with van der Waals surface area (Å²) in [7, 11) is 0. The predicted molar refractivity (Wildman–Crippen MR) is 109 cm³/mol. The molecule has 1 atom stereocenters. The van der Waals surface area contributed by atoms with Crippen LogP contribution in [0.5, 0.6) is 0 Å². The second-order valence-corrected chi connectivity index (χ2v) is 8.02. The van der Waals surface area contributed by atoms with E-state index in [9.17, 15) is 14.0 Å². The summed E-state index contributed by atoms with van der Waals surface area (Å²) in [4.78, 5) is 25.8. The molecule has 142 valence electrons. The van der Waals surface area contributed by atoms with Gasteiger partial charge >= 0.3 is 0 Å². The zero-order valence-corrected chi connectivity index (χ0v) is 16.3. The van der Waals surface area contributed by atoms with E-state index >= 15 is 0 Å². The van der Waals surface area contributed by atoms with Gasteiger partial charge in [0.25, 0.3) is 5.91 Å². The van der Waals surface area contributed by atoms with Crippen LogP contribution in [0.3, 0.4) is 0 Å². The Morgan fingerprint density at radius 2 is 1.93 bits per heavy atom. The van der Waals surface area contributed by atoms with Gasteiger partial charge in [0.05, 0.1) is 17.3 Å². The molecule has 0 saturated heterocycles. The van der Waals surface area contributed by atoms with Crippen LogP contribution in [0.2, 0.25) is 0 Å². The number of rotatable bonds is 4. The SMILES string of the molecule is Cc1cc(C(=O)N[C@H](C)c2ccc3c(c2)CC(=O)N3)sc1-c1ccc(F)cc1. The highest BCUT2D eigenvalue weighted by molar-refractivity contribution is 7.17. The van der Waals surface area contributed by atoms with E-state index in [1.165, 1.54) is 23.5 Å². The molecule has 0 saturated carbocycles. The highest BCUT2D eigenvalue weighted by Crippen LogP contribution is 2.33. The first-order valence-corrected chi connectivity index (χ1v) is 9.82. The zero-order chi connectivity index (χ0) is 19.8. The average molecular weight is 394 g/mol. The number of carbonyl (C=O) groups is 2. The minimum Gasteiger partial charge on any atom is -0.345 e. The lowest BCUT2D eigenvalue weighted by Gasteiger charge is -2.14. The second kappa shape index (κ2) is 7.20. The third kappa shape index (κ3) is 3.55. The number of aryl methyl sites for hydroxylation is 1. The maximum atomic E-state index is 13.2. The van der Waals surface area contributed by atoms with Crippen molar-refractivity contribution >= 4 is 28.8 Å². The predicted octanol–water partition coefficient (Wildman–Crippen LogP) is 4.85. The summed E-state index contributed by atoms with van der Waals surface area (Å²) in [5, 5.41) is 5.83. The van der Waals surface area contributed by atoms with Crippen LogP contribution < -0.4 is 10.6 Å².